The number of benzene rings is 2. The van der Waals surface area contributed by atoms with Crippen molar-refractivity contribution >= 4 is 40.3 Å². The molecule has 1 N–H and O–H groups in total. The molecule has 5 nitrogen and oxygen atoms in total. The molecule has 0 spiro atoms. The minimum absolute atomic E-state index is 0.215. The van der Waals surface area contributed by atoms with E-state index in [1.165, 1.54) is 6.07 Å². The van der Waals surface area contributed by atoms with Crippen LogP contribution in [0.5, 0.6) is 5.75 Å². The van der Waals surface area contributed by atoms with Gasteiger partial charge in [-0.1, -0.05) is 11.6 Å². The van der Waals surface area contributed by atoms with Crippen LogP contribution in [0.2, 0.25) is 5.02 Å². The molecule has 0 radical (unpaired) electrons. The second-order valence-electron chi connectivity index (χ2n) is 5.77. The number of hydrogen-bond acceptors (Lipinski definition) is 5. The van der Waals surface area contributed by atoms with Gasteiger partial charge in [0.15, 0.2) is 23.2 Å². The Hall–Kier alpha value is -2.81. The van der Waals surface area contributed by atoms with E-state index in [1.54, 1.807) is 18.2 Å². The summed E-state index contributed by atoms with van der Waals surface area (Å²) in [5, 5.41) is 3.47. The predicted molar refractivity (Wildman–Crippen MR) is 94.9 cm³/mol. The van der Waals surface area contributed by atoms with Crippen LogP contribution in [0.1, 0.15) is 0 Å². The van der Waals surface area contributed by atoms with Crippen molar-refractivity contribution in [2.24, 2.45) is 9.98 Å². The molecule has 10 heteroatoms. The minimum atomic E-state index is -4.96. The van der Waals surface area contributed by atoms with E-state index >= 15 is 0 Å². The number of rotatable bonds is 2. The number of nitrogens with zero attached hydrogens (tertiary/aromatic N) is 3. The van der Waals surface area contributed by atoms with Gasteiger partial charge in [-0.25, -0.2) is 9.38 Å². The lowest BCUT2D eigenvalue weighted by atomic mass is 10.2. The molecular weight excluding hydrogens is 388 g/mol. The van der Waals surface area contributed by atoms with Crippen molar-refractivity contribution in [1.82, 2.24) is 0 Å². The van der Waals surface area contributed by atoms with E-state index in [2.05, 4.69) is 20.0 Å². The van der Waals surface area contributed by atoms with Crippen LogP contribution in [-0.4, -0.2) is 31.1 Å². The Kier molecular flexibility index (Phi) is 4.18. The van der Waals surface area contributed by atoms with Gasteiger partial charge in [-0.2, -0.15) is 0 Å². The van der Waals surface area contributed by atoms with Gasteiger partial charge in [-0.3, -0.25) is 4.99 Å². The van der Waals surface area contributed by atoms with Gasteiger partial charge in [0.2, 0.25) is 0 Å². The molecular formula is C17H11ClF4N4O. The van der Waals surface area contributed by atoms with Gasteiger partial charge >= 0.3 is 6.36 Å². The summed E-state index contributed by atoms with van der Waals surface area (Å²) in [5.74, 6) is -1.13. The first-order valence-electron chi connectivity index (χ1n) is 7.83. The summed E-state index contributed by atoms with van der Waals surface area (Å²) in [6, 6.07) is 8.29. The van der Waals surface area contributed by atoms with E-state index in [4.69, 9.17) is 11.6 Å². The Balaban J connectivity index is 1.64. The molecule has 27 heavy (non-hydrogen) atoms. The highest BCUT2D eigenvalue weighted by atomic mass is 35.5. The second-order valence-corrected chi connectivity index (χ2v) is 6.20. The molecule has 0 saturated carbocycles. The minimum Gasteiger partial charge on any atom is -0.403 e. The number of nitrogens with one attached hydrogen (secondary N) is 1. The van der Waals surface area contributed by atoms with Crippen molar-refractivity contribution < 1.29 is 22.3 Å². The number of alkyl halides is 3. The Labute approximate surface area is 155 Å². The van der Waals surface area contributed by atoms with Crippen LogP contribution in [0.3, 0.4) is 0 Å². The Morgan fingerprint density at radius 1 is 1.15 bits per heavy atom. The van der Waals surface area contributed by atoms with Gasteiger partial charge in [0.25, 0.3) is 0 Å². The number of halogens is 5. The molecule has 0 fully saturated rings. The van der Waals surface area contributed by atoms with E-state index in [1.807, 2.05) is 4.90 Å². The summed E-state index contributed by atoms with van der Waals surface area (Å²) in [6.45, 7) is 1.19. The van der Waals surface area contributed by atoms with Crippen LogP contribution in [0.15, 0.2) is 46.4 Å². The molecule has 2 aromatic carbocycles. The third kappa shape index (κ3) is 3.55. The molecule has 0 unspecified atom stereocenters. The zero-order chi connectivity index (χ0) is 19.2. The Morgan fingerprint density at radius 2 is 1.96 bits per heavy atom. The Bertz CT molecular complexity index is 974. The first-order chi connectivity index (χ1) is 12.8. The van der Waals surface area contributed by atoms with Crippen molar-refractivity contribution in [1.29, 1.82) is 0 Å². The number of anilines is 2. The monoisotopic (exact) mass is 398 g/mol. The van der Waals surface area contributed by atoms with Crippen molar-refractivity contribution in [3.8, 4) is 5.75 Å². The zero-order valence-electron chi connectivity index (χ0n) is 13.5. The van der Waals surface area contributed by atoms with Crippen molar-refractivity contribution in [3.05, 3.63) is 47.2 Å². The summed E-state index contributed by atoms with van der Waals surface area (Å²) in [5.41, 5.74) is 1.68. The van der Waals surface area contributed by atoms with Gasteiger partial charge < -0.3 is 15.0 Å². The number of ether oxygens (including phenoxy) is 1. The fourth-order valence-corrected chi connectivity index (χ4v) is 3.04. The normalized spacial score (nSPS) is 15.7. The third-order valence-electron chi connectivity index (χ3n) is 3.93. The van der Waals surface area contributed by atoms with Gasteiger partial charge in [0, 0.05) is 23.3 Å². The topological polar surface area (TPSA) is 49.2 Å². The first kappa shape index (κ1) is 17.6. The maximum Gasteiger partial charge on any atom is 0.573 e. The lowest BCUT2D eigenvalue weighted by Crippen LogP contribution is -2.39. The lowest BCUT2D eigenvalue weighted by molar-refractivity contribution is -0.275. The molecule has 0 amide bonds. The van der Waals surface area contributed by atoms with E-state index in [-0.39, 0.29) is 5.69 Å². The number of aliphatic imine (C=N–C) groups is 2. The smallest absolute Gasteiger partial charge is 0.403 e. The molecule has 140 valence electrons. The Morgan fingerprint density at radius 3 is 2.70 bits per heavy atom. The average molecular weight is 399 g/mol. The van der Waals surface area contributed by atoms with E-state index < -0.39 is 17.9 Å². The van der Waals surface area contributed by atoms with Crippen LogP contribution >= 0.6 is 11.6 Å². The highest BCUT2D eigenvalue weighted by Gasteiger charge is 2.33. The SMILES string of the molecule is Fc1cc(NC2=Nc3ccc(Cl)cc3N3CCN=C23)ccc1OC(F)(F)F. The van der Waals surface area contributed by atoms with E-state index in [0.717, 1.165) is 17.8 Å². The van der Waals surface area contributed by atoms with Crippen LogP contribution in [0.4, 0.5) is 34.6 Å². The maximum absolute atomic E-state index is 13.9. The van der Waals surface area contributed by atoms with Gasteiger partial charge in [0.1, 0.15) is 0 Å². The van der Waals surface area contributed by atoms with Crippen LogP contribution < -0.4 is 15.0 Å². The molecule has 0 aliphatic carbocycles. The van der Waals surface area contributed by atoms with E-state index in [0.29, 0.717) is 35.5 Å². The fourth-order valence-electron chi connectivity index (χ4n) is 2.87. The molecule has 2 aromatic rings. The molecule has 4 rings (SSSR count). The largest absolute Gasteiger partial charge is 0.573 e. The summed E-state index contributed by atoms with van der Waals surface area (Å²) >= 11 is 6.05. The van der Waals surface area contributed by atoms with Crippen LogP contribution in [-0.2, 0) is 0 Å². The number of fused-ring (bicyclic) bond motifs is 3. The van der Waals surface area contributed by atoms with Crippen LogP contribution in [0.25, 0.3) is 0 Å². The standard InChI is InChI=1S/C17H11ClF4N4O/c18-9-1-3-12-13(7-9)26-6-5-23-16(26)15(25-12)24-10-2-4-14(11(19)8-10)27-17(20,21)22/h1-4,7-8H,5-6H2,(H,24,25). The molecule has 0 saturated heterocycles. The highest BCUT2D eigenvalue weighted by Crippen LogP contribution is 2.37. The molecule has 2 aliphatic heterocycles. The van der Waals surface area contributed by atoms with Crippen molar-refractivity contribution in [2.45, 2.75) is 6.36 Å². The molecule has 0 bridgehead atoms. The lowest BCUT2D eigenvalue weighted by Gasteiger charge is -2.27. The maximum atomic E-state index is 13.9. The molecule has 0 aromatic heterocycles. The van der Waals surface area contributed by atoms with E-state index in [9.17, 15) is 17.6 Å². The van der Waals surface area contributed by atoms with Gasteiger partial charge in [0.05, 0.1) is 17.9 Å². The quantitative estimate of drug-likeness (QED) is 0.742. The summed E-state index contributed by atoms with van der Waals surface area (Å²) in [7, 11) is 0. The van der Waals surface area contributed by atoms with Crippen molar-refractivity contribution in [2.75, 3.05) is 23.3 Å². The molecule has 0 atom stereocenters. The summed E-state index contributed by atoms with van der Waals surface area (Å²) < 4.78 is 54.3. The number of hydrogen-bond donors (Lipinski definition) is 1. The fraction of sp³-hybridized carbons (Fsp3) is 0.176. The predicted octanol–water partition coefficient (Wildman–Crippen LogP) is 4.75. The third-order valence-corrected chi connectivity index (χ3v) is 4.17. The highest BCUT2D eigenvalue weighted by molar-refractivity contribution is 6.51. The van der Waals surface area contributed by atoms with Gasteiger partial charge in [-0.05, 0) is 30.3 Å². The summed E-state index contributed by atoms with van der Waals surface area (Å²) in [6.07, 6.45) is -4.96. The zero-order valence-corrected chi connectivity index (χ0v) is 14.3. The average Bonchev–Trinajstić information content (AvgIpc) is 3.07. The first-order valence-corrected chi connectivity index (χ1v) is 8.21. The van der Waals surface area contributed by atoms with Crippen molar-refractivity contribution in [3.63, 3.8) is 0 Å². The summed E-state index contributed by atoms with van der Waals surface area (Å²) in [4.78, 5) is 10.8. The number of amidine groups is 2. The van der Waals surface area contributed by atoms with Gasteiger partial charge in [-0.15, -0.1) is 13.2 Å². The molecule has 2 heterocycles. The van der Waals surface area contributed by atoms with Crippen LogP contribution in [0, 0.1) is 5.82 Å². The second kappa shape index (κ2) is 6.41. The molecule has 2 aliphatic rings.